The van der Waals surface area contributed by atoms with Crippen molar-refractivity contribution in [1.82, 2.24) is 5.32 Å². The molecule has 6 heteroatoms. The van der Waals surface area contributed by atoms with Crippen LogP contribution in [0, 0.1) is 5.92 Å². The predicted molar refractivity (Wildman–Crippen MR) is 106 cm³/mol. The van der Waals surface area contributed by atoms with Gasteiger partial charge < -0.3 is 20.1 Å². The highest BCUT2D eigenvalue weighted by Gasteiger charge is 2.32. The van der Waals surface area contributed by atoms with Gasteiger partial charge in [-0.3, -0.25) is 9.59 Å². The number of hydrogen-bond acceptors (Lipinski definition) is 4. The number of carbonyl (C=O) groups is 2. The zero-order valence-electron chi connectivity index (χ0n) is 16.0. The molecule has 2 aliphatic heterocycles. The van der Waals surface area contributed by atoms with E-state index in [0.29, 0.717) is 24.7 Å². The summed E-state index contributed by atoms with van der Waals surface area (Å²) in [7, 11) is 0. The lowest BCUT2D eigenvalue weighted by molar-refractivity contribution is -0.127. The molecule has 0 aliphatic carbocycles. The Labute approximate surface area is 164 Å². The van der Waals surface area contributed by atoms with Crippen molar-refractivity contribution in [2.45, 2.75) is 32.2 Å². The van der Waals surface area contributed by atoms with Gasteiger partial charge in [0.15, 0.2) is 11.5 Å². The van der Waals surface area contributed by atoms with Gasteiger partial charge in [-0.25, -0.2) is 0 Å². The maximum Gasteiger partial charge on any atom is 0.228 e. The summed E-state index contributed by atoms with van der Waals surface area (Å²) in [5, 5.41) is 5.99. The number of carbonyl (C=O) groups excluding carboxylic acids is 2. The van der Waals surface area contributed by atoms with Gasteiger partial charge in [0.1, 0.15) is 13.2 Å². The second kappa shape index (κ2) is 7.54. The first kappa shape index (κ1) is 18.3. The van der Waals surface area contributed by atoms with Gasteiger partial charge in [0, 0.05) is 12.1 Å². The van der Waals surface area contributed by atoms with E-state index < -0.39 is 5.92 Å². The number of para-hydroxylation sites is 1. The van der Waals surface area contributed by atoms with Crippen LogP contribution < -0.4 is 20.1 Å². The Hall–Kier alpha value is -3.02. The normalized spacial score (nSPS) is 18.8. The van der Waals surface area contributed by atoms with Crippen molar-refractivity contribution in [1.29, 1.82) is 0 Å². The third-order valence-corrected chi connectivity index (χ3v) is 5.21. The molecule has 0 fully saturated rings. The van der Waals surface area contributed by atoms with Crippen molar-refractivity contribution < 1.29 is 19.1 Å². The average molecular weight is 380 g/mol. The highest BCUT2D eigenvalue weighted by Crippen LogP contribution is 2.36. The van der Waals surface area contributed by atoms with Gasteiger partial charge in [0.05, 0.1) is 12.0 Å². The second-order valence-electron chi connectivity index (χ2n) is 7.53. The number of benzene rings is 2. The summed E-state index contributed by atoms with van der Waals surface area (Å²) in [6.07, 6.45) is 0.148. The Kier molecular flexibility index (Phi) is 4.94. The van der Waals surface area contributed by atoms with Gasteiger partial charge in [0.25, 0.3) is 0 Å². The second-order valence-corrected chi connectivity index (χ2v) is 7.53. The topological polar surface area (TPSA) is 76.7 Å². The van der Waals surface area contributed by atoms with E-state index in [2.05, 4.69) is 24.5 Å². The van der Waals surface area contributed by atoms with E-state index in [4.69, 9.17) is 9.47 Å². The molecule has 2 atom stereocenters. The molecule has 0 saturated heterocycles. The summed E-state index contributed by atoms with van der Waals surface area (Å²) in [5.74, 6) is 0.811. The summed E-state index contributed by atoms with van der Waals surface area (Å²) in [5.41, 5.74) is 2.52. The van der Waals surface area contributed by atoms with E-state index in [1.807, 2.05) is 42.5 Å². The standard InChI is InChI=1S/C22H24N2O4/c1-13(2)21(14-7-8-18-19(11-14)28-10-9-27-18)24-22(26)16-12-20(25)23-17-6-4-3-5-15(16)17/h3-8,11,13,16,21H,9-10,12H2,1-2H3,(H,23,25)(H,24,26). The Bertz CT molecular complexity index is 909. The molecule has 6 nitrogen and oxygen atoms in total. The molecule has 2 aliphatic rings. The number of anilines is 1. The largest absolute Gasteiger partial charge is 0.486 e. The molecular weight excluding hydrogens is 356 g/mol. The fourth-order valence-electron chi connectivity index (χ4n) is 3.79. The van der Waals surface area contributed by atoms with Crippen molar-refractivity contribution in [2.24, 2.45) is 5.92 Å². The van der Waals surface area contributed by atoms with Crippen molar-refractivity contribution in [3.05, 3.63) is 53.6 Å². The summed E-state index contributed by atoms with van der Waals surface area (Å²) >= 11 is 0. The van der Waals surface area contributed by atoms with E-state index in [-0.39, 0.29) is 30.2 Å². The fourth-order valence-corrected chi connectivity index (χ4v) is 3.79. The van der Waals surface area contributed by atoms with Gasteiger partial charge in [-0.2, -0.15) is 0 Å². The molecule has 2 aromatic carbocycles. The molecule has 4 rings (SSSR count). The quantitative estimate of drug-likeness (QED) is 0.852. The molecule has 2 heterocycles. The molecular formula is C22H24N2O4. The van der Waals surface area contributed by atoms with Crippen molar-refractivity contribution in [3.8, 4) is 11.5 Å². The molecule has 2 N–H and O–H groups in total. The zero-order chi connectivity index (χ0) is 19.7. The summed E-state index contributed by atoms with van der Waals surface area (Å²) in [4.78, 5) is 25.2. The molecule has 0 bridgehead atoms. The van der Waals surface area contributed by atoms with E-state index >= 15 is 0 Å². The van der Waals surface area contributed by atoms with Crippen molar-refractivity contribution >= 4 is 17.5 Å². The summed E-state index contributed by atoms with van der Waals surface area (Å²) < 4.78 is 11.3. The minimum atomic E-state index is -0.497. The molecule has 28 heavy (non-hydrogen) atoms. The first-order valence-corrected chi connectivity index (χ1v) is 9.61. The highest BCUT2D eigenvalue weighted by molar-refractivity contribution is 6.01. The molecule has 2 aromatic rings. The summed E-state index contributed by atoms with van der Waals surface area (Å²) in [6, 6.07) is 13.0. The first-order valence-electron chi connectivity index (χ1n) is 9.61. The fraction of sp³-hybridized carbons (Fsp3) is 0.364. The third kappa shape index (κ3) is 3.54. The maximum atomic E-state index is 13.1. The number of rotatable bonds is 4. The monoisotopic (exact) mass is 380 g/mol. The number of amides is 2. The van der Waals surface area contributed by atoms with Crippen LogP contribution >= 0.6 is 0 Å². The van der Waals surface area contributed by atoms with E-state index in [1.54, 1.807) is 0 Å². The SMILES string of the molecule is CC(C)C(NC(=O)C1CC(=O)Nc2ccccc21)c1ccc2c(c1)OCCO2. The Balaban J connectivity index is 1.59. The van der Waals surface area contributed by atoms with E-state index in [0.717, 1.165) is 16.9 Å². The van der Waals surface area contributed by atoms with Crippen LogP contribution in [0.1, 0.15) is 43.4 Å². The molecule has 2 unspecified atom stereocenters. The van der Waals surface area contributed by atoms with Gasteiger partial charge in [-0.15, -0.1) is 0 Å². The van der Waals surface area contributed by atoms with Crippen LogP contribution in [0.4, 0.5) is 5.69 Å². The van der Waals surface area contributed by atoms with Crippen LogP contribution in [-0.4, -0.2) is 25.0 Å². The third-order valence-electron chi connectivity index (χ3n) is 5.21. The molecule has 0 aromatic heterocycles. The van der Waals surface area contributed by atoms with Crippen LogP contribution in [0.5, 0.6) is 11.5 Å². The van der Waals surface area contributed by atoms with Gasteiger partial charge in [-0.1, -0.05) is 38.1 Å². The lowest BCUT2D eigenvalue weighted by Crippen LogP contribution is -2.38. The molecule has 0 saturated carbocycles. The smallest absolute Gasteiger partial charge is 0.228 e. The van der Waals surface area contributed by atoms with Crippen molar-refractivity contribution in [3.63, 3.8) is 0 Å². The van der Waals surface area contributed by atoms with Crippen LogP contribution in [0.25, 0.3) is 0 Å². The summed E-state index contributed by atoms with van der Waals surface area (Å²) in [6.45, 7) is 5.18. The molecule has 146 valence electrons. The average Bonchev–Trinajstić information content (AvgIpc) is 2.70. The molecule has 0 spiro atoms. The van der Waals surface area contributed by atoms with E-state index in [1.165, 1.54) is 0 Å². The predicted octanol–water partition coefficient (Wildman–Crippen LogP) is 3.40. The van der Waals surface area contributed by atoms with Crippen LogP contribution in [0.3, 0.4) is 0 Å². The minimum Gasteiger partial charge on any atom is -0.486 e. The number of nitrogens with one attached hydrogen (secondary N) is 2. The first-order chi connectivity index (χ1) is 13.5. The Morgan fingerprint density at radius 3 is 2.64 bits per heavy atom. The Morgan fingerprint density at radius 1 is 1.11 bits per heavy atom. The number of ether oxygens (including phenoxy) is 2. The number of hydrogen-bond donors (Lipinski definition) is 2. The molecule has 2 amide bonds. The minimum absolute atomic E-state index is 0.140. The van der Waals surface area contributed by atoms with Crippen LogP contribution in [0.15, 0.2) is 42.5 Å². The van der Waals surface area contributed by atoms with Crippen LogP contribution in [0.2, 0.25) is 0 Å². The lowest BCUT2D eigenvalue weighted by Gasteiger charge is -2.29. The number of fused-ring (bicyclic) bond motifs is 2. The van der Waals surface area contributed by atoms with Crippen molar-refractivity contribution in [2.75, 3.05) is 18.5 Å². The van der Waals surface area contributed by atoms with Crippen LogP contribution in [-0.2, 0) is 9.59 Å². The van der Waals surface area contributed by atoms with E-state index in [9.17, 15) is 9.59 Å². The highest BCUT2D eigenvalue weighted by atomic mass is 16.6. The van der Waals surface area contributed by atoms with Gasteiger partial charge >= 0.3 is 0 Å². The lowest BCUT2D eigenvalue weighted by atomic mass is 9.88. The maximum absolute atomic E-state index is 13.1. The van der Waals surface area contributed by atoms with Gasteiger partial charge in [0.2, 0.25) is 11.8 Å². The Morgan fingerprint density at radius 2 is 1.86 bits per heavy atom. The zero-order valence-corrected chi connectivity index (χ0v) is 16.0. The van der Waals surface area contributed by atoms with Gasteiger partial charge in [-0.05, 0) is 35.2 Å². The molecule has 0 radical (unpaired) electrons.